The van der Waals surface area contributed by atoms with Gasteiger partial charge in [0, 0.05) is 5.56 Å². The van der Waals surface area contributed by atoms with E-state index in [0.29, 0.717) is 6.42 Å². The number of halogens is 1. The van der Waals surface area contributed by atoms with Crippen molar-refractivity contribution in [2.45, 2.75) is 32.4 Å². The fourth-order valence-electron chi connectivity index (χ4n) is 2.29. The second-order valence-electron chi connectivity index (χ2n) is 5.26. The topological polar surface area (TPSA) is 47.3 Å². The zero-order valence-corrected chi connectivity index (χ0v) is 12.3. The maximum absolute atomic E-state index is 13.3. The van der Waals surface area contributed by atoms with Crippen LogP contribution >= 0.6 is 0 Å². The van der Waals surface area contributed by atoms with E-state index in [9.17, 15) is 4.39 Å². The van der Waals surface area contributed by atoms with Crippen molar-refractivity contribution in [3.8, 4) is 5.75 Å². The lowest BCUT2D eigenvalue weighted by Crippen LogP contribution is -2.30. The van der Waals surface area contributed by atoms with E-state index in [-0.39, 0.29) is 18.0 Å². The monoisotopic (exact) mass is 288 g/mol. The molecule has 0 bridgehead atoms. The predicted octanol–water partition coefficient (Wildman–Crippen LogP) is 3.36. The van der Waals surface area contributed by atoms with E-state index in [1.165, 1.54) is 12.1 Å². The van der Waals surface area contributed by atoms with Crippen molar-refractivity contribution in [2.75, 3.05) is 0 Å². The summed E-state index contributed by atoms with van der Waals surface area (Å²) < 4.78 is 19.1. The van der Waals surface area contributed by atoms with Crippen LogP contribution in [-0.4, -0.2) is 6.10 Å². The Hall–Kier alpha value is -1.91. The number of nitrogens with one attached hydrogen (secondary N) is 1. The second-order valence-corrected chi connectivity index (χ2v) is 5.26. The lowest BCUT2D eigenvalue weighted by Gasteiger charge is -2.21. The quantitative estimate of drug-likeness (QED) is 0.633. The highest BCUT2D eigenvalue weighted by Gasteiger charge is 2.16. The minimum atomic E-state index is -0.241. The van der Waals surface area contributed by atoms with Crippen molar-refractivity contribution < 1.29 is 9.13 Å². The van der Waals surface area contributed by atoms with Crippen LogP contribution in [0.5, 0.6) is 5.75 Å². The summed E-state index contributed by atoms with van der Waals surface area (Å²) in [6.45, 7) is 3.96. The molecule has 0 aliphatic rings. The molecule has 0 heterocycles. The molecule has 4 heteroatoms. The van der Waals surface area contributed by atoms with Crippen LogP contribution in [0, 0.1) is 5.82 Å². The first kappa shape index (κ1) is 15.5. The predicted molar refractivity (Wildman–Crippen MR) is 82.4 cm³/mol. The molecular formula is C17H21FN2O. The molecule has 2 aromatic carbocycles. The van der Waals surface area contributed by atoms with Gasteiger partial charge in [0.05, 0.1) is 12.1 Å². The van der Waals surface area contributed by atoms with Crippen molar-refractivity contribution >= 4 is 0 Å². The number of ether oxygens (including phenoxy) is 1. The molecule has 3 N–H and O–H groups in total. The molecule has 112 valence electrons. The summed E-state index contributed by atoms with van der Waals surface area (Å²) in [6, 6.07) is 14.2. The van der Waals surface area contributed by atoms with Gasteiger partial charge in [-0.1, -0.05) is 30.3 Å². The van der Waals surface area contributed by atoms with Gasteiger partial charge in [0.25, 0.3) is 0 Å². The molecule has 0 aliphatic carbocycles. The largest absolute Gasteiger partial charge is 0.491 e. The maximum atomic E-state index is 13.3. The van der Waals surface area contributed by atoms with Gasteiger partial charge in [-0.2, -0.15) is 0 Å². The lowest BCUT2D eigenvalue weighted by molar-refractivity contribution is 0.237. The number of nitrogens with two attached hydrogens (primary N) is 1. The van der Waals surface area contributed by atoms with Crippen LogP contribution in [0.3, 0.4) is 0 Å². The first-order valence-electron chi connectivity index (χ1n) is 7.06. The van der Waals surface area contributed by atoms with Crippen LogP contribution in [0.25, 0.3) is 0 Å². The number of hydrogen-bond acceptors (Lipinski definition) is 3. The van der Waals surface area contributed by atoms with Gasteiger partial charge in [-0.05, 0) is 44.0 Å². The van der Waals surface area contributed by atoms with E-state index >= 15 is 0 Å². The lowest BCUT2D eigenvalue weighted by atomic mass is 9.98. The average Bonchev–Trinajstić information content (AvgIpc) is 2.45. The number of hydrogen-bond donors (Lipinski definition) is 2. The third-order valence-corrected chi connectivity index (χ3v) is 3.19. The molecule has 21 heavy (non-hydrogen) atoms. The Morgan fingerprint density at radius 2 is 1.90 bits per heavy atom. The molecule has 0 saturated carbocycles. The first-order chi connectivity index (χ1) is 10.1. The van der Waals surface area contributed by atoms with Gasteiger partial charge >= 0.3 is 0 Å². The van der Waals surface area contributed by atoms with Crippen molar-refractivity contribution in [3.05, 3.63) is 65.5 Å². The van der Waals surface area contributed by atoms with Crippen LogP contribution in [0.4, 0.5) is 4.39 Å². The van der Waals surface area contributed by atoms with Crippen LogP contribution in [-0.2, 0) is 6.42 Å². The maximum Gasteiger partial charge on any atom is 0.124 e. The van der Waals surface area contributed by atoms with E-state index in [2.05, 4.69) is 5.43 Å². The third-order valence-electron chi connectivity index (χ3n) is 3.19. The summed E-state index contributed by atoms with van der Waals surface area (Å²) in [4.78, 5) is 0. The van der Waals surface area contributed by atoms with Crippen LogP contribution in [0.15, 0.2) is 48.5 Å². The first-order valence-corrected chi connectivity index (χ1v) is 7.06. The summed E-state index contributed by atoms with van der Waals surface area (Å²) in [6.07, 6.45) is 0.672. The molecule has 1 atom stereocenters. The minimum Gasteiger partial charge on any atom is -0.491 e. The molecule has 0 amide bonds. The molecule has 2 aromatic rings. The zero-order chi connectivity index (χ0) is 15.2. The van der Waals surface area contributed by atoms with Crippen molar-refractivity contribution in [1.82, 2.24) is 5.43 Å². The molecule has 0 saturated heterocycles. The fourth-order valence-corrected chi connectivity index (χ4v) is 2.29. The van der Waals surface area contributed by atoms with Gasteiger partial charge in [0.2, 0.25) is 0 Å². The molecule has 1 unspecified atom stereocenters. The number of hydrazine groups is 1. The number of benzene rings is 2. The van der Waals surface area contributed by atoms with E-state index in [4.69, 9.17) is 10.6 Å². The summed E-state index contributed by atoms with van der Waals surface area (Å²) in [5.74, 6) is 6.25. The van der Waals surface area contributed by atoms with Gasteiger partial charge in [-0.3, -0.25) is 11.3 Å². The standard InChI is InChI=1S/C17H21FN2O/c1-12(2)21-17-9-4-3-8-15(17)16(20-19)11-13-6-5-7-14(18)10-13/h3-10,12,16,20H,11,19H2,1-2H3. The number of para-hydroxylation sites is 1. The summed E-state index contributed by atoms with van der Waals surface area (Å²) in [5, 5.41) is 0. The second kappa shape index (κ2) is 7.20. The minimum absolute atomic E-state index is 0.0822. The Balaban J connectivity index is 2.25. The highest BCUT2D eigenvalue weighted by Crippen LogP contribution is 2.28. The van der Waals surface area contributed by atoms with Crippen LogP contribution in [0.1, 0.15) is 31.0 Å². The van der Waals surface area contributed by atoms with E-state index in [1.807, 2.05) is 44.2 Å². The Kier molecular flexibility index (Phi) is 5.31. The van der Waals surface area contributed by atoms with E-state index < -0.39 is 0 Å². The summed E-state index contributed by atoms with van der Waals surface area (Å²) in [5.41, 5.74) is 4.65. The molecule has 0 spiro atoms. The fraction of sp³-hybridized carbons (Fsp3) is 0.294. The smallest absolute Gasteiger partial charge is 0.124 e. The van der Waals surface area contributed by atoms with Gasteiger partial charge in [-0.25, -0.2) is 4.39 Å². The average molecular weight is 288 g/mol. The third kappa shape index (κ3) is 4.28. The van der Waals surface area contributed by atoms with E-state index in [0.717, 1.165) is 16.9 Å². The van der Waals surface area contributed by atoms with Crippen LogP contribution < -0.4 is 16.0 Å². The Morgan fingerprint density at radius 3 is 2.57 bits per heavy atom. The number of rotatable bonds is 6. The Bertz CT molecular complexity index is 587. The van der Waals surface area contributed by atoms with Crippen molar-refractivity contribution in [2.24, 2.45) is 5.84 Å². The van der Waals surface area contributed by atoms with E-state index in [1.54, 1.807) is 6.07 Å². The molecule has 0 radical (unpaired) electrons. The zero-order valence-electron chi connectivity index (χ0n) is 12.3. The highest BCUT2D eigenvalue weighted by atomic mass is 19.1. The Labute approximate surface area is 124 Å². The summed E-state index contributed by atoms with van der Waals surface area (Å²) >= 11 is 0. The van der Waals surface area contributed by atoms with Gasteiger partial charge in [0.1, 0.15) is 11.6 Å². The molecule has 2 rings (SSSR count). The Morgan fingerprint density at radius 1 is 1.14 bits per heavy atom. The normalized spacial score (nSPS) is 12.4. The SMILES string of the molecule is CC(C)Oc1ccccc1C(Cc1cccc(F)c1)NN. The van der Waals surface area contributed by atoms with Crippen LogP contribution in [0.2, 0.25) is 0 Å². The molecule has 0 aliphatic heterocycles. The van der Waals surface area contributed by atoms with Crippen molar-refractivity contribution in [3.63, 3.8) is 0 Å². The van der Waals surface area contributed by atoms with Gasteiger partial charge < -0.3 is 4.74 Å². The molecule has 0 fully saturated rings. The van der Waals surface area contributed by atoms with Gasteiger partial charge in [-0.15, -0.1) is 0 Å². The van der Waals surface area contributed by atoms with Crippen molar-refractivity contribution in [1.29, 1.82) is 0 Å². The highest BCUT2D eigenvalue weighted by molar-refractivity contribution is 5.37. The molecule has 0 aromatic heterocycles. The van der Waals surface area contributed by atoms with Gasteiger partial charge in [0.15, 0.2) is 0 Å². The molecular weight excluding hydrogens is 267 g/mol. The molecule has 3 nitrogen and oxygen atoms in total. The summed E-state index contributed by atoms with van der Waals surface area (Å²) in [7, 11) is 0.